The third-order valence-electron chi connectivity index (χ3n) is 2.32. The van der Waals surface area contributed by atoms with Gasteiger partial charge in [-0.15, -0.1) is 12.4 Å². The van der Waals surface area contributed by atoms with E-state index in [-0.39, 0.29) is 24.0 Å². The summed E-state index contributed by atoms with van der Waals surface area (Å²) in [5.74, 6) is 0.111. The summed E-state index contributed by atoms with van der Waals surface area (Å²) < 4.78 is 5.25. The van der Waals surface area contributed by atoms with Gasteiger partial charge in [0.05, 0.1) is 0 Å². The van der Waals surface area contributed by atoms with Gasteiger partial charge in [-0.2, -0.15) is 0 Å². The van der Waals surface area contributed by atoms with E-state index in [4.69, 9.17) is 21.8 Å². The van der Waals surface area contributed by atoms with Crippen LogP contribution >= 0.6 is 24.0 Å². The van der Waals surface area contributed by atoms with Crippen LogP contribution in [0.3, 0.4) is 0 Å². The van der Waals surface area contributed by atoms with E-state index in [1.165, 1.54) is 6.39 Å². The number of amides is 1. The minimum Gasteiger partial charge on any atom is -0.443 e. The van der Waals surface area contributed by atoms with Gasteiger partial charge in [0.2, 0.25) is 0 Å². The predicted octanol–water partition coefficient (Wildman–Crippen LogP) is 2.11. The van der Waals surface area contributed by atoms with E-state index in [1.54, 1.807) is 24.3 Å². The quantitative estimate of drug-likeness (QED) is 0.906. The Morgan fingerprint density at radius 3 is 2.68 bits per heavy atom. The molecule has 1 aromatic heterocycles. The number of nitrogens with zero attached hydrogens (tertiary/aromatic N) is 1. The topological polar surface area (TPSA) is 81.1 Å². The molecule has 0 bridgehead atoms. The van der Waals surface area contributed by atoms with E-state index < -0.39 is 0 Å². The molecular weight excluding hydrogens is 289 g/mol. The highest BCUT2D eigenvalue weighted by molar-refractivity contribution is 6.30. The summed E-state index contributed by atoms with van der Waals surface area (Å²) >= 11 is 5.80. The maximum absolute atomic E-state index is 11.8. The number of aromatic nitrogens is 1. The van der Waals surface area contributed by atoms with Crippen molar-refractivity contribution in [2.24, 2.45) is 5.73 Å². The molecule has 0 radical (unpaired) electrons. The zero-order valence-corrected chi connectivity index (χ0v) is 11.5. The highest BCUT2D eigenvalue weighted by atomic mass is 35.5. The number of nitrogens with two attached hydrogens (primary N) is 1. The predicted molar refractivity (Wildman–Crippen MR) is 75.6 cm³/mol. The Hall–Kier alpha value is -1.56. The van der Waals surface area contributed by atoms with Gasteiger partial charge >= 0.3 is 0 Å². The lowest BCUT2D eigenvalue weighted by atomic mass is 10.1. The van der Waals surface area contributed by atoms with Crippen LogP contribution in [0.25, 0.3) is 11.3 Å². The van der Waals surface area contributed by atoms with Crippen LogP contribution in [0.15, 0.2) is 35.1 Å². The number of halogens is 2. The zero-order chi connectivity index (χ0) is 13.0. The third kappa shape index (κ3) is 3.70. The lowest BCUT2D eigenvalue weighted by Crippen LogP contribution is -2.29. The first-order valence-electron chi connectivity index (χ1n) is 5.40. The molecule has 0 unspecified atom stereocenters. The summed E-state index contributed by atoms with van der Waals surface area (Å²) in [5, 5.41) is 3.26. The summed E-state index contributed by atoms with van der Waals surface area (Å²) in [6, 6.07) is 6.98. The number of nitrogens with one attached hydrogen (secondary N) is 1. The maximum Gasteiger partial charge on any atom is 0.273 e. The van der Waals surface area contributed by atoms with Crippen molar-refractivity contribution < 1.29 is 9.21 Å². The first-order chi connectivity index (χ1) is 8.72. The van der Waals surface area contributed by atoms with E-state index >= 15 is 0 Å². The second-order valence-corrected chi connectivity index (χ2v) is 4.02. The zero-order valence-electron chi connectivity index (χ0n) is 9.93. The van der Waals surface area contributed by atoms with Gasteiger partial charge < -0.3 is 15.5 Å². The van der Waals surface area contributed by atoms with Crippen LogP contribution in [0.4, 0.5) is 0 Å². The molecule has 1 heterocycles. The van der Waals surface area contributed by atoms with Crippen LogP contribution in [0, 0.1) is 0 Å². The van der Waals surface area contributed by atoms with Crippen molar-refractivity contribution in [1.29, 1.82) is 0 Å². The Balaban J connectivity index is 0.00000180. The summed E-state index contributed by atoms with van der Waals surface area (Å²) in [5.41, 5.74) is 6.31. The van der Waals surface area contributed by atoms with Crippen molar-refractivity contribution in [1.82, 2.24) is 10.3 Å². The number of hydrogen-bond donors (Lipinski definition) is 2. The van der Waals surface area contributed by atoms with Gasteiger partial charge in [-0.05, 0) is 24.3 Å². The molecule has 7 heteroatoms. The van der Waals surface area contributed by atoms with Crippen LogP contribution in [0.2, 0.25) is 5.02 Å². The average molecular weight is 302 g/mol. The Bertz CT molecular complexity index is 540. The summed E-state index contributed by atoms with van der Waals surface area (Å²) in [6.45, 7) is 0.769. The van der Waals surface area contributed by atoms with Crippen molar-refractivity contribution in [3.05, 3.63) is 41.4 Å². The van der Waals surface area contributed by atoms with Gasteiger partial charge in [-0.3, -0.25) is 4.79 Å². The van der Waals surface area contributed by atoms with Crippen LogP contribution in [0.1, 0.15) is 10.5 Å². The van der Waals surface area contributed by atoms with E-state index in [0.29, 0.717) is 23.9 Å². The molecular formula is C12H13Cl2N3O2. The van der Waals surface area contributed by atoms with E-state index in [2.05, 4.69) is 10.3 Å². The van der Waals surface area contributed by atoms with E-state index in [9.17, 15) is 4.79 Å². The molecule has 0 fully saturated rings. The first kappa shape index (κ1) is 15.5. The second kappa shape index (κ2) is 7.13. The fourth-order valence-corrected chi connectivity index (χ4v) is 1.61. The average Bonchev–Trinajstić information content (AvgIpc) is 2.86. The van der Waals surface area contributed by atoms with Crippen LogP contribution in [-0.4, -0.2) is 24.0 Å². The number of oxazole rings is 1. The SMILES string of the molecule is Cl.NCCNC(=O)c1ncoc1-c1ccc(Cl)cc1. The minimum absolute atomic E-state index is 0. The molecule has 102 valence electrons. The first-order valence-corrected chi connectivity index (χ1v) is 5.78. The molecule has 5 nitrogen and oxygen atoms in total. The van der Waals surface area contributed by atoms with Crippen molar-refractivity contribution in [2.45, 2.75) is 0 Å². The van der Waals surface area contributed by atoms with Gasteiger partial charge in [0.25, 0.3) is 5.91 Å². The van der Waals surface area contributed by atoms with Crippen molar-refractivity contribution >= 4 is 29.9 Å². The molecule has 0 aliphatic carbocycles. The lowest BCUT2D eigenvalue weighted by molar-refractivity contribution is 0.0950. The van der Waals surface area contributed by atoms with Gasteiger partial charge in [0, 0.05) is 23.7 Å². The molecule has 19 heavy (non-hydrogen) atoms. The Kier molecular flexibility index (Phi) is 5.82. The number of carbonyl (C=O) groups excluding carboxylic acids is 1. The smallest absolute Gasteiger partial charge is 0.273 e. The lowest BCUT2D eigenvalue weighted by Gasteiger charge is -2.02. The minimum atomic E-state index is -0.306. The molecule has 1 aromatic carbocycles. The fraction of sp³-hybridized carbons (Fsp3) is 0.167. The summed E-state index contributed by atoms with van der Waals surface area (Å²) in [6.07, 6.45) is 1.24. The normalized spacial score (nSPS) is 9.79. The second-order valence-electron chi connectivity index (χ2n) is 3.58. The molecule has 0 spiro atoms. The van der Waals surface area contributed by atoms with Crippen LogP contribution in [0.5, 0.6) is 0 Å². The van der Waals surface area contributed by atoms with Crippen LogP contribution in [-0.2, 0) is 0 Å². The summed E-state index contributed by atoms with van der Waals surface area (Å²) in [7, 11) is 0. The molecule has 0 saturated heterocycles. The highest BCUT2D eigenvalue weighted by Gasteiger charge is 2.17. The van der Waals surface area contributed by atoms with E-state index in [0.717, 1.165) is 5.56 Å². The molecule has 0 aliphatic heterocycles. The number of rotatable bonds is 4. The molecule has 3 N–H and O–H groups in total. The molecule has 2 aromatic rings. The van der Waals surface area contributed by atoms with Gasteiger partial charge in [0.15, 0.2) is 17.8 Å². The van der Waals surface area contributed by atoms with Gasteiger partial charge in [-0.1, -0.05) is 11.6 Å². The highest BCUT2D eigenvalue weighted by Crippen LogP contribution is 2.24. The Morgan fingerprint density at radius 2 is 2.05 bits per heavy atom. The Morgan fingerprint density at radius 1 is 1.37 bits per heavy atom. The molecule has 0 atom stereocenters. The third-order valence-corrected chi connectivity index (χ3v) is 2.57. The fourth-order valence-electron chi connectivity index (χ4n) is 1.48. The maximum atomic E-state index is 11.8. The number of carbonyl (C=O) groups is 1. The molecule has 2 rings (SSSR count). The van der Waals surface area contributed by atoms with Gasteiger partial charge in [0.1, 0.15) is 0 Å². The largest absolute Gasteiger partial charge is 0.443 e. The standard InChI is InChI=1S/C12H12ClN3O2.ClH/c13-9-3-1-8(2-4-9)11-10(16-7-18-11)12(17)15-6-5-14;/h1-4,7H,5-6,14H2,(H,15,17);1H. The number of benzene rings is 1. The Labute approximate surface area is 121 Å². The van der Waals surface area contributed by atoms with Crippen LogP contribution < -0.4 is 11.1 Å². The van der Waals surface area contributed by atoms with E-state index in [1.807, 2.05) is 0 Å². The van der Waals surface area contributed by atoms with Crippen molar-refractivity contribution in [3.63, 3.8) is 0 Å². The summed E-state index contributed by atoms with van der Waals surface area (Å²) in [4.78, 5) is 15.7. The van der Waals surface area contributed by atoms with Crippen molar-refractivity contribution in [2.75, 3.05) is 13.1 Å². The molecule has 1 amide bonds. The van der Waals surface area contributed by atoms with Gasteiger partial charge in [-0.25, -0.2) is 4.98 Å². The van der Waals surface area contributed by atoms with Crippen molar-refractivity contribution in [3.8, 4) is 11.3 Å². The monoisotopic (exact) mass is 301 g/mol. The number of hydrogen-bond acceptors (Lipinski definition) is 4. The molecule has 0 aliphatic rings. The molecule has 0 saturated carbocycles.